The van der Waals surface area contributed by atoms with Gasteiger partial charge < -0.3 is 19.5 Å². The number of rotatable bonds is 2. The van der Waals surface area contributed by atoms with Crippen molar-refractivity contribution in [1.82, 2.24) is 5.32 Å². The Bertz CT molecular complexity index is 691. The lowest BCUT2D eigenvalue weighted by atomic mass is 9.84. The molecule has 0 aliphatic carbocycles. The van der Waals surface area contributed by atoms with E-state index in [1.54, 1.807) is 6.07 Å². The Kier molecular flexibility index (Phi) is 4.71. The number of nitrogens with one attached hydrogen (secondary N) is 1. The molecular formula is C19H22ClNO4. The van der Waals surface area contributed by atoms with E-state index in [1.807, 2.05) is 18.2 Å². The summed E-state index contributed by atoms with van der Waals surface area (Å²) >= 11 is 6.03. The average molecular weight is 364 g/mol. The normalized spacial score (nSPS) is 24.8. The van der Waals surface area contributed by atoms with E-state index in [9.17, 15) is 4.79 Å². The molecule has 0 saturated carbocycles. The van der Waals surface area contributed by atoms with Crippen molar-refractivity contribution in [2.75, 3.05) is 26.4 Å². The van der Waals surface area contributed by atoms with Crippen molar-refractivity contribution >= 4 is 23.6 Å². The maximum absolute atomic E-state index is 12.7. The van der Waals surface area contributed by atoms with Gasteiger partial charge in [0.1, 0.15) is 12.4 Å². The van der Waals surface area contributed by atoms with Gasteiger partial charge in [-0.1, -0.05) is 11.6 Å². The van der Waals surface area contributed by atoms with Crippen LogP contribution in [0.25, 0.3) is 6.08 Å². The van der Waals surface area contributed by atoms with Crippen LogP contribution in [0.1, 0.15) is 31.2 Å². The van der Waals surface area contributed by atoms with E-state index in [1.165, 1.54) is 0 Å². The minimum atomic E-state index is -0.133. The van der Waals surface area contributed by atoms with Crippen molar-refractivity contribution in [1.29, 1.82) is 0 Å². The van der Waals surface area contributed by atoms with Crippen molar-refractivity contribution in [2.45, 2.75) is 37.3 Å². The molecule has 0 aromatic heterocycles. The largest absolute Gasteiger partial charge is 0.488 e. The van der Waals surface area contributed by atoms with Crippen LogP contribution in [-0.2, 0) is 14.3 Å². The zero-order valence-electron chi connectivity index (χ0n) is 14.1. The molecule has 0 radical (unpaired) electrons. The second-order valence-electron chi connectivity index (χ2n) is 6.95. The van der Waals surface area contributed by atoms with Crippen LogP contribution in [0.4, 0.5) is 0 Å². The number of hydrogen-bond acceptors (Lipinski definition) is 4. The molecule has 1 spiro atoms. The van der Waals surface area contributed by atoms with Crippen molar-refractivity contribution in [3.05, 3.63) is 34.4 Å². The average Bonchev–Trinajstić information content (AvgIpc) is 2.62. The van der Waals surface area contributed by atoms with Crippen LogP contribution < -0.4 is 10.1 Å². The van der Waals surface area contributed by atoms with Gasteiger partial charge in [0.2, 0.25) is 0 Å². The molecule has 0 bridgehead atoms. The van der Waals surface area contributed by atoms with Crippen LogP contribution in [0.2, 0.25) is 5.02 Å². The molecule has 3 aliphatic heterocycles. The Balaban J connectivity index is 1.43. The number of benzene rings is 1. The van der Waals surface area contributed by atoms with Crippen LogP contribution in [-0.4, -0.2) is 44.0 Å². The summed E-state index contributed by atoms with van der Waals surface area (Å²) in [5.41, 5.74) is 1.34. The molecule has 2 saturated heterocycles. The predicted octanol–water partition coefficient (Wildman–Crippen LogP) is 2.96. The van der Waals surface area contributed by atoms with E-state index in [2.05, 4.69) is 5.32 Å². The topological polar surface area (TPSA) is 56.8 Å². The van der Waals surface area contributed by atoms with Gasteiger partial charge in [-0.2, -0.15) is 0 Å². The van der Waals surface area contributed by atoms with E-state index < -0.39 is 0 Å². The highest BCUT2D eigenvalue weighted by Crippen LogP contribution is 2.34. The Morgan fingerprint density at radius 1 is 1.24 bits per heavy atom. The SMILES string of the molecule is O=C(NC1CCOC2(CCOCC2)C1)C1=Cc2cc(Cl)ccc2OC1. The van der Waals surface area contributed by atoms with Gasteiger partial charge in [-0.25, -0.2) is 0 Å². The fourth-order valence-corrected chi connectivity index (χ4v) is 3.98. The van der Waals surface area contributed by atoms with Gasteiger partial charge in [-0.05, 0) is 50.0 Å². The first kappa shape index (κ1) is 16.9. The summed E-state index contributed by atoms with van der Waals surface area (Å²) in [4.78, 5) is 12.7. The van der Waals surface area contributed by atoms with E-state index in [4.69, 9.17) is 25.8 Å². The van der Waals surface area contributed by atoms with Gasteiger partial charge in [-0.15, -0.1) is 0 Å². The fraction of sp³-hybridized carbons (Fsp3) is 0.526. The van der Waals surface area contributed by atoms with Crippen LogP contribution in [0.5, 0.6) is 5.75 Å². The van der Waals surface area contributed by atoms with Gasteiger partial charge >= 0.3 is 0 Å². The number of amides is 1. The number of carbonyl (C=O) groups excluding carboxylic acids is 1. The molecule has 1 atom stereocenters. The zero-order chi connectivity index (χ0) is 17.3. The molecule has 2 fully saturated rings. The number of ether oxygens (including phenoxy) is 3. The van der Waals surface area contributed by atoms with Crippen molar-refractivity contribution in [3.8, 4) is 5.75 Å². The lowest BCUT2D eigenvalue weighted by Crippen LogP contribution is -2.51. The van der Waals surface area contributed by atoms with Gasteiger partial charge in [0, 0.05) is 36.4 Å². The number of carbonyl (C=O) groups is 1. The third kappa shape index (κ3) is 3.68. The van der Waals surface area contributed by atoms with Gasteiger partial charge in [0.25, 0.3) is 5.91 Å². The lowest BCUT2D eigenvalue weighted by Gasteiger charge is -2.43. The van der Waals surface area contributed by atoms with Crippen LogP contribution in [0.15, 0.2) is 23.8 Å². The second-order valence-corrected chi connectivity index (χ2v) is 7.38. The monoisotopic (exact) mass is 363 g/mol. The third-order valence-corrected chi connectivity index (χ3v) is 5.44. The van der Waals surface area contributed by atoms with Crippen molar-refractivity contribution in [3.63, 3.8) is 0 Å². The van der Waals surface area contributed by atoms with Crippen LogP contribution in [0.3, 0.4) is 0 Å². The van der Waals surface area contributed by atoms with Crippen molar-refractivity contribution in [2.24, 2.45) is 0 Å². The molecule has 4 rings (SSSR count). The third-order valence-electron chi connectivity index (χ3n) is 5.21. The van der Waals surface area contributed by atoms with E-state index in [-0.39, 0.29) is 24.2 Å². The number of fused-ring (bicyclic) bond motifs is 1. The molecule has 6 heteroatoms. The Morgan fingerprint density at radius 2 is 2.08 bits per heavy atom. The highest BCUT2D eigenvalue weighted by Gasteiger charge is 2.39. The fourth-order valence-electron chi connectivity index (χ4n) is 3.80. The van der Waals surface area contributed by atoms with Gasteiger partial charge in [0.15, 0.2) is 0 Å². The maximum Gasteiger partial charge on any atom is 0.250 e. The number of halogens is 1. The first-order valence-corrected chi connectivity index (χ1v) is 9.17. The second kappa shape index (κ2) is 6.98. The van der Waals surface area contributed by atoms with Gasteiger partial charge in [0.05, 0.1) is 11.2 Å². The quantitative estimate of drug-likeness (QED) is 0.877. The molecule has 3 heterocycles. The minimum absolute atomic E-state index is 0.0697. The first-order chi connectivity index (χ1) is 12.1. The highest BCUT2D eigenvalue weighted by molar-refractivity contribution is 6.30. The number of hydrogen-bond donors (Lipinski definition) is 1. The molecule has 1 aromatic carbocycles. The summed E-state index contributed by atoms with van der Waals surface area (Å²) in [7, 11) is 0. The summed E-state index contributed by atoms with van der Waals surface area (Å²) in [5, 5.41) is 3.80. The molecule has 1 amide bonds. The smallest absolute Gasteiger partial charge is 0.250 e. The molecule has 1 unspecified atom stereocenters. The molecule has 3 aliphatic rings. The molecule has 1 aromatic rings. The summed E-state index contributed by atoms with van der Waals surface area (Å²) < 4.78 is 17.2. The van der Waals surface area contributed by atoms with E-state index in [0.29, 0.717) is 17.2 Å². The molecule has 25 heavy (non-hydrogen) atoms. The van der Waals surface area contributed by atoms with Crippen LogP contribution >= 0.6 is 11.6 Å². The summed E-state index contributed by atoms with van der Waals surface area (Å²) in [5.74, 6) is 0.688. The zero-order valence-corrected chi connectivity index (χ0v) is 14.8. The standard InChI is InChI=1S/C19H22ClNO4/c20-15-1-2-17-13(10-15)9-14(12-24-17)18(22)21-16-3-6-25-19(11-16)4-7-23-8-5-19/h1-2,9-10,16H,3-8,11-12H2,(H,21,22). The summed E-state index contributed by atoms with van der Waals surface area (Å²) in [6, 6.07) is 5.56. The van der Waals surface area contributed by atoms with E-state index >= 15 is 0 Å². The minimum Gasteiger partial charge on any atom is -0.488 e. The molecule has 5 nitrogen and oxygen atoms in total. The Hall–Kier alpha value is -1.56. The Labute approximate surface area is 152 Å². The summed E-state index contributed by atoms with van der Waals surface area (Å²) in [6.45, 7) is 2.43. The van der Waals surface area contributed by atoms with Crippen molar-refractivity contribution < 1.29 is 19.0 Å². The highest BCUT2D eigenvalue weighted by atomic mass is 35.5. The molecular weight excluding hydrogens is 342 g/mol. The summed E-state index contributed by atoms with van der Waals surface area (Å²) in [6.07, 6.45) is 5.35. The van der Waals surface area contributed by atoms with Gasteiger partial charge in [-0.3, -0.25) is 4.79 Å². The predicted molar refractivity (Wildman–Crippen MR) is 94.8 cm³/mol. The van der Waals surface area contributed by atoms with Crippen LogP contribution in [0, 0.1) is 0 Å². The van der Waals surface area contributed by atoms with E-state index in [0.717, 1.165) is 50.2 Å². The maximum atomic E-state index is 12.7. The lowest BCUT2D eigenvalue weighted by molar-refractivity contribution is -0.143. The first-order valence-electron chi connectivity index (χ1n) is 8.79. The molecule has 1 N–H and O–H groups in total. The Morgan fingerprint density at radius 3 is 2.92 bits per heavy atom. The molecule has 134 valence electrons.